The molecule has 29 heavy (non-hydrogen) atoms. The minimum atomic E-state index is -0.120. The molecule has 1 aliphatic carbocycles. The molecule has 0 saturated heterocycles. The molecule has 1 heterocycles. The highest BCUT2D eigenvalue weighted by atomic mass is 16.1. The first-order chi connectivity index (χ1) is 14.0. The second-order valence-electron chi connectivity index (χ2n) is 6.61. The second-order valence-corrected chi connectivity index (χ2v) is 6.61. The van der Waals surface area contributed by atoms with Gasteiger partial charge in [-0.15, -0.1) is 5.10 Å². The van der Waals surface area contributed by atoms with Crippen molar-refractivity contribution in [2.75, 3.05) is 0 Å². The van der Waals surface area contributed by atoms with E-state index in [1.54, 1.807) is 17.0 Å². The van der Waals surface area contributed by atoms with E-state index < -0.39 is 0 Å². The number of allylic oxidation sites excluding steroid dienone is 6. The van der Waals surface area contributed by atoms with Gasteiger partial charge in [0.15, 0.2) is 5.78 Å². The Balaban J connectivity index is 1.73. The summed E-state index contributed by atoms with van der Waals surface area (Å²) in [6.45, 7) is 11.4. The molecule has 0 fully saturated rings. The van der Waals surface area contributed by atoms with Crippen LogP contribution >= 0.6 is 0 Å². The number of nitrogens with zero attached hydrogens (tertiary/aromatic N) is 4. The van der Waals surface area contributed by atoms with Crippen LogP contribution in [0, 0.1) is 13.8 Å². The maximum atomic E-state index is 11.9. The summed E-state index contributed by atoms with van der Waals surface area (Å²) in [5, 5.41) is 11.5. The lowest BCUT2D eigenvalue weighted by atomic mass is 10.1. The van der Waals surface area contributed by atoms with Gasteiger partial charge >= 0.3 is 0 Å². The Bertz CT molecular complexity index is 1080. The van der Waals surface area contributed by atoms with Crippen LogP contribution in [0.3, 0.4) is 0 Å². The summed E-state index contributed by atoms with van der Waals surface area (Å²) in [6.07, 6.45) is 11.1. The van der Waals surface area contributed by atoms with Crippen LogP contribution in [0.15, 0.2) is 89.9 Å². The molecule has 0 atom stereocenters. The van der Waals surface area contributed by atoms with E-state index in [0.717, 1.165) is 22.6 Å². The first kappa shape index (κ1) is 19.9. The number of aryl methyl sites for hydroxylation is 1. The third-order valence-electron chi connectivity index (χ3n) is 4.36. The number of ketones is 1. The van der Waals surface area contributed by atoms with Crippen LogP contribution in [0.25, 0.3) is 5.69 Å². The molecule has 146 valence electrons. The van der Waals surface area contributed by atoms with Crippen molar-refractivity contribution >= 4 is 12.0 Å². The predicted octanol–water partition coefficient (Wildman–Crippen LogP) is 3.89. The number of nitrogens with one attached hydrogen (secondary N) is 1. The fourth-order valence-corrected chi connectivity index (χ4v) is 2.83. The number of benzene rings is 1. The maximum absolute atomic E-state index is 11.9. The molecule has 1 aromatic heterocycles. The number of rotatable bonds is 7. The van der Waals surface area contributed by atoms with Gasteiger partial charge in [0.25, 0.3) is 0 Å². The predicted molar refractivity (Wildman–Crippen MR) is 116 cm³/mol. The van der Waals surface area contributed by atoms with Crippen molar-refractivity contribution in [3.8, 4) is 5.69 Å². The second kappa shape index (κ2) is 8.93. The van der Waals surface area contributed by atoms with E-state index in [9.17, 15) is 4.79 Å². The zero-order valence-corrected chi connectivity index (χ0v) is 16.6. The zero-order valence-electron chi connectivity index (χ0n) is 16.6. The van der Waals surface area contributed by atoms with Gasteiger partial charge in [-0.05, 0) is 56.2 Å². The SMILES string of the molecule is C=CC(=O)C1=CCC=CC(NC(=C)/N=C\c2nnn(-c3cccc(C)c3)c2C)=C1. The van der Waals surface area contributed by atoms with E-state index in [2.05, 4.69) is 33.8 Å². The van der Waals surface area contributed by atoms with E-state index in [1.165, 1.54) is 6.08 Å². The van der Waals surface area contributed by atoms with E-state index in [0.29, 0.717) is 23.5 Å². The van der Waals surface area contributed by atoms with Crippen molar-refractivity contribution in [2.45, 2.75) is 20.3 Å². The molecule has 3 rings (SSSR count). The Morgan fingerprint density at radius 2 is 2.17 bits per heavy atom. The van der Waals surface area contributed by atoms with Crippen molar-refractivity contribution in [3.05, 3.63) is 102 Å². The van der Waals surface area contributed by atoms with E-state index in [1.807, 2.05) is 56.3 Å². The maximum Gasteiger partial charge on any atom is 0.185 e. The van der Waals surface area contributed by atoms with Gasteiger partial charge in [0.05, 0.1) is 17.6 Å². The zero-order chi connectivity index (χ0) is 20.8. The fraction of sp³-hybridized carbons (Fsp3) is 0.130. The number of hydrogen-bond acceptors (Lipinski definition) is 5. The van der Waals surface area contributed by atoms with Gasteiger partial charge in [0.2, 0.25) is 0 Å². The summed E-state index contributed by atoms with van der Waals surface area (Å²) in [5.74, 6) is 0.309. The van der Waals surface area contributed by atoms with Crippen LogP contribution in [0.2, 0.25) is 0 Å². The quantitative estimate of drug-likeness (QED) is 0.580. The van der Waals surface area contributed by atoms with Crippen molar-refractivity contribution in [1.29, 1.82) is 0 Å². The van der Waals surface area contributed by atoms with Gasteiger partial charge in [0, 0.05) is 11.3 Å². The van der Waals surface area contributed by atoms with Gasteiger partial charge in [-0.1, -0.05) is 42.7 Å². The lowest BCUT2D eigenvalue weighted by molar-refractivity contribution is -0.111. The molecule has 6 nitrogen and oxygen atoms in total. The Labute approximate surface area is 170 Å². The van der Waals surface area contributed by atoms with Crippen molar-refractivity contribution in [2.24, 2.45) is 4.99 Å². The molecule has 0 saturated carbocycles. The Kier molecular flexibility index (Phi) is 6.14. The molecule has 0 spiro atoms. The first-order valence-electron chi connectivity index (χ1n) is 9.22. The summed E-state index contributed by atoms with van der Waals surface area (Å²) in [7, 11) is 0. The molecule has 0 unspecified atom stereocenters. The van der Waals surface area contributed by atoms with E-state index in [-0.39, 0.29) is 5.78 Å². The lowest BCUT2D eigenvalue weighted by Crippen LogP contribution is -2.10. The minimum Gasteiger partial charge on any atom is -0.341 e. The number of hydrogen-bond donors (Lipinski definition) is 1. The van der Waals surface area contributed by atoms with Gasteiger partial charge in [-0.25, -0.2) is 9.67 Å². The highest BCUT2D eigenvalue weighted by molar-refractivity contribution is 6.05. The average molecular weight is 385 g/mol. The summed E-state index contributed by atoms with van der Waals surface area (Å²) in [4.78, 5) is 16.2. The molecule has 0 amide bonds. The summed E-state index contributed by atoms with van der Waals surface area (Å²) in [5.41, 5.74) is 4.95. The molecular weight excluding hydrogens is 362 g/mol. The van der Waals surface area contributed by atoms with Crippen LogP contribution in [-0.2, 0) is 4.79 Å². The van der Waals surface area contributed by atoms with Crippen LogP contribution in [0.1, 0.15) is 23.4 Å². The molecule has 1 aromatic carbocycles. The first-order valence-corrected chi connectivity index (χ1v) is 9.22. The molecule has 1 N–H and O–H groups in total. The van der Waals surface area contributed by atoms with Gasteiger partial charge in [-0.2, -0.15) is 0 Å². The average Bonchev–Trinajstić information content (AvgIpc) is 2.92. The van der Waals surface area contributed by atoms with Gasteiger partial charge in [0.1, 0.15) is 11.5 Å². The fourth-order valence-electron chi connectivity index (χ4n) is 2.83. The lowest BCUT2D eigenvalue weighted by Gasteiger charge is -2.06. The molecule has 2 aromatic rings. The molecule has 0 radical (unpaired) electrons. The third kappa shape index (κ3) is 4.93. The number of carbonyl (C=O) groups excluding carboxylic acids is 1. The topological polar surface area (TPSA) is 72.2 Å². The van der Waals surface area contributed by atoms with Crippen molar-refractivity contribution < 1.29 is 4.79 Å². The van der Waals surface area contributed by atoms with Crippen LogP contribution in [0.5, 0.6) is 0 Å². The highest BCUT2D eigenvalue weighted by Crippen LogP contribution is 2.14. The summed E-state index contributed by atoms with van der Waals surface area (Å²) < 4.78 is 1.78. The molecular formula is C23H23N5O. The Hall–Kier alpha value is -3.80. The van der Waals surface area contributed by atoms with E-state index in [4.69, 9.17) is 0 Å². The summed E-state index contributed by atoms with van der Waals surface area (Å²) in [6, 6.07) is 8.05. The minimum absolute atomic E-state index is 0.120. The third-order valence-corrected chi connectivity index (χ3v) is 4.36. The number of carbonyl (C=O) groups is 1. The molecule has 0 bridgehead atoms. The van der Waals surface area contributed by atoms with Gasteiger partial charge < -0.3 is 5.32 Å². The summed E-state index contributed by atoms with van der Waals surface area (Å²) >= 11 is 0. The molecule has 1 aliphatic rings. The number of aromatic nitrogens is 3. The normalized spacial score (nSPS) is 13.6. The highest BCUT2D eigenvalue weighted by Gasteiger charge is 2.09. The standard InChI is InChI=1S/C23H23N5O/c1-5-23(29)19-10-6-7-11-20(14-19)25-18(4)24-15-22-17(3)28(27-26-22)21-12-8-9-16(2)13-21/h5,7-15,25H,1,4,6H2,2-3H3/b24-15-. The Morgan fingerprint density at radius 3 is 2.93 bits per heavy atom. The number of aliphatic imine (C=N–C) groups is 1. The van der Waals surface area contributed by atoms with Gasteiger partial charge in [-0.3, -0.25) is 4.79 Å². The molecule has 0 aliphatic heterocycles. The van der Waals surface area contributed by atoms with Crippen molar-refractivity contribution in [1.82, 2.24) is 20.3 Å². The van der Waals surface area contributed by atoms with Crippen LogP contribution < -0.4 is 5.32 Å². The molecule has 6 heteroatoms. The largest absolute Gasteiger partial charge is 0.341 e. The van der Waals surface area contributed by atoms with Crippen LogP contribution in [0.4, 0.5) is 0 Å². The Morgan fingerprint density at radius 1 is 1.34 bits per heavy atom. The smallest absolute Gasteiger partial charge is 0.185 e. The monoisotopic (exact) mass is 385 g/mol. The van der Waals surface area contributed by atoms with Crippen LogP contribution in [-0.4, -0.2) is 27.0 Å². The van der Waals surface area contributed by atoms with Crippen molar-refractivity contribution in [3.63, 3.8) is 0 Å². The van der Waals surface area contributed by atoms with E-state index >= 15 is 0 Å².